The van der Waals surface area contributed by atoms with Crippen LogP contribution in [0.5, 0.6) is 0 Å². The van der Waals surface area contributed by atoms with E-state index in [9.17, 15) is 0 Å². The number of rotatable bonds is 4. The summed E-state index contributed by atoms with van der Waals surface area (Å²) in [7, 11) is 0. The van der Waals surface area contributed by atoms with Crippen LogP contribution < -0.4 is 5.32 Å². The number of aryl methyl sites for hydroxylation is 2. The summed E-state index contributed by atoms with van der Waals surface area (Å²) in [6.07, 6.45) is 7.62. The van der Waals surface area contributed by atoms with Gasteiger partial charge in [-0.1, -0.05) is 25.1 Å². The molecule has 2 aliphatic rings. The third kappa shape index (κ3) is 3.67. The highest BCUT2D eigenvalue weighted by Gasteiger charge is 2.27. The third-order valence-electron chi connectivity index (χ3n) is 5.41. The second-order valence-corrected chi connectivity index (χ2v) is 7.26. The minimum atomic E-state index is 0.403. The van der Waals surface area contributed by atoms with Crippen LogP contribution in [0.3, 0.4) is 0 Å². The van der Waals surface area contributed by atoms with Crippen molar-refractivity contribution in [1.29, 1.82) is 0 Å². The molecule has 1 aromatic rings. The van der Waals surface area contributed by atoms with Crippen molar-refractivity contribution in [2.45, 2.75) is 58.4 Å². The molecule has 0 bridgehead atoms. The first-order chi connectivity index (χ1) is 10.2. The van der Waals surface area contributed by atoms with Crippen LogP contribution in [-0.2, 0) is 17.6 Å². The summed E-state index contributed by atoms with van der Waals surface area (Å²) in [6.45, 7) is 7.63. The lowest BCUT2D eigenvalue weighted by Gasteiger charge is -2.35. The molecule has 0 spiro atoms. The lowest BCUT2D eigenvalue weighted by atomic mass is 9.82. The summed E-state index contributed by atoms with van der Waals surface area (Å²) in [5, 5.41) is 3.76. The summed E-state index contributed by atoms with van der Waals surface area (Å²) < 4.78 is 5.49. The van der Waals surface area contributed by atoms with E-state index in [0.29, 0.717) is 11.5 Å². The summed E-state index contributed by atoms with van der Waals surface area (Å²) in [6, 6.07) is 7.57. The Balaban J connectivity index is 1.61. The van der Waals surface area contributed by atoms with Crippen LogP contribution in [-0.4, -0.2) is 19.8 Å². The Bertz CT molecular complexity index is 476. The van der Waals surface area contributed by atoms with Gasteiger partial charge in [0.2, 0.25) is 0 Å². The second-order valence-electron chi connectivity index (χ2n) is 7.26. The SMILES string of the molecule is CC(NCC1(C)CCOCC1)c1ccc2c(c1)CCCC2. The van der Waals surface area contributed by atoms with Gasteiger partial charge in [-0.25, -0.2) is 0 Å². The number of fused-ring (bicyclic) bond motifs is 1. The summed E-state index contributed by atoms with van der Waals surface area (Å²) in [4.78, 5) is 0. The molecule has 1 aliphatic heterocycles. The molecule has 1 atom stereocenters. The monoisotopic (exact) mass is 287 g/mol. The van der Waals surface area contributed by atoms with Crippen LogP contribution in [0.25, 0.3) is 0 Å². The van der Waals surface area contributed by atoms with E-state index < -0.39 is 0 Å². The number of benzene rings is 1. The van der Waals surface area contributed by atoms with E-state index in [2.05, 4.69) is 37.4 Å². The molecule has 1 heterocycles. The number of ether oxygens (including phenoxy) is 1. The molecule has 2 heteroatoms. The fraction of sp³-hybridized carbons (Fsp3) is 0.684. The van der Waals surface area contributed by atoms with Crippen molar-refractivity contribution < 1.29 is 4.74 Å². The highest BCUT2D eigenvalue weighted by Crippen LogP contribution is 2.30. The van der Waals surface area contributed by atoms with Crippen LogP contribution in [0, 0.1) is 5.41 Å². The zero-order valence-electron chi connectivity index (χ0n) is 13.6. The predicted octanol–water partition coefficient (Wildman–Crippen LogP) is 4.03. The minimum Gasteiger partial charge on any atom is -0.381 e. The number of hydrogen-bond acceptors (Lipinski definition) is 2. The Hall–Kier alpha value is -0.860. The van der Waals surface area contributed by atoms with E-state index in [4.69, 9.17) is 4.74 Å². The molecule has 21 heavy (non-hydrogen) atoms. The lowest BCUT2D eigenvalue weighted by molar-refractivity contribution is 0.0231. The van der Waals surface area contributed by atoms with Gasteiger partial charge in [0.15, 0.2) is 0 Å². The van der Waals surface area contributed by atoms with Gasteiger partial charge in [0.25, 0.3) is 0 Å². The first kappa shape index (κ1) is 15.1. The Morgan fingerprint density at radius 3 is 2.62 bits per heavy atom. The van der Waals surface area contributed by atoms with E-state index in [1.165, 1.54) is 44.1 Å². The third-order valence-corrected chi connectivity index (χ3v) is 5.41. The first-order valence-corrected chi connectivity index (χ1v) is 8.59. The normalized spacial score (nSPS) is 22.6. The molecule has 1 fully saturated rings. The highest BCUT2D eigenvalue weighted by atomic mass is 16.5. The standard InChI is InChI=1S/C19H29NO/c1-15(20-14-19(2)9-11-21-12-10-19)17-8-7-16-5-3-4-6-18(16)13-17/h7-8,13,15,20H,3-6,9-12,14H2,1-2H3. The molecule has 3 rings (SSSR count). The number of hydrogen-bond donors (Lipinski definition) is 1. The molecule has 1 saturated heterocycles. The molecule has 0 amide bonds. The first-order valence-electron chi connectivity index (χ1n) is 8.59. The van der Waals surface area contributed by atoms with E-state index in [1.807, 2.05) is 0 Å². The van der Waals surface area contributed by atoms with E-state index >= 15 is 0 Å². The maximum absolute atomic E-state index is 5.49. The largest absolute Gasteiger partial charge is 0.381 e. The molecule has 1 aromatic carbocycles. The maximum Gasteiger partial charge on any atom is 0.0471 e. The molecule has 0 saturated carbocycles. The lowest BCUT2D eigenvalue weighted by Crippen LogP contribution is -2.37. The summed E-state index contributed by atoms with van der Waals surface area (Å²) in [5.41, 5.74) is 5.02. The van der Waals surface area contributed by atoms with Crippen LogP contribution >= 0.6 is 0 Å². The summed E-state index contributed by atoms with van der Waals surface area (Å²) in [5.74, 6) is 0. The molecule has 116 valence electrons. The van der Waals surface area contributed by atoms with Gasteiger partial charge in [-0.15, -0.1) is 0 Å². The van der Waals surface area contributed by atoms with Crippen molar-refractivity contribution in [3.8, 4) is 0 Å². The smallest absolute Gasteiger partial charge is 0.0471 e. The van der Waals surface area contributed by atoms with Gasteiger partial charge in [0.05, 0.1) is 0 Å². The van der Waals surface area contributed by atoms with Gasteiger partial charge in [-0.2, -0.15) is 0 Å². The van der Waals surface area contributed by atoms with Crippen molar-refractivity contribution in [3.05, 3.63) is 34.9 Å². The van der Waals surface area contributed by atoms with Gasteiger partial charge >= 0.3 is 0 Å². The topological polar surface area (TPSA) is 21.3 Å². The minimum absolute atomic E-state index is 0.403. The molecule has 2 nitrogen and oxygen atoms in total. The van der Waals surface area contributed by atoms with Crippen molar-refractivity contribution in [2.75, 3.05) is 19.8 Å². The quantitative estimate of drug-likeness (QED) is 0.902. The Kier molecular flexibility index (Phi) is 4.66. The summed E-state index contributed by atoms with van der Waals surface area (Å²) >= 11 is 0. The molecular formula is C19H29NO. The van der Waals surface area contributed by atoms with Crippen LogP contribution in [0.2, 0.25) is 0 Å². The Morgan fingerprint density at radius 1 is 1.14 bits per heavy atom. The molecule has 1 N–H and O–H groups in total. The molecule has 0 aromatic heterocycles. The molecule has 1 unspecified atom stereocenters. The molecule has 1 aliphatic carbocycles. The fourth-order valence-electron chi connectivity index (χ4n) is 3.58. The van der Waals surface area contributed by atoms with Crippen molar-refractivity contribution in [1.82, 2.24) is 5.32 Å². The van der Waals surface area contributed by atoms with E-state index in [1.54, 1.807) is 11.1 Å². The molecule has 0 radical (unpaired) electrons. The van der Waals surface area contributed by atoms with Gasteiger partial charge in [0.1, 0.15) is 0 Å². The van der Waals surface area contributed by atoms with Gasteiger partial charge in [-0.05, 0) is 67.6 Å². The average molecular weight is 287 g/mol. The Morgan fingerprint density at radius 2 is 1.86 bits per heavy atom. The Labute approximate surface area is 129 Å². The van der Waals surface area contributed by atoms with Gasteiger partial charge < -0.3 is 10.1 Å². The van der Waals surface area contributed by atoms with Crippen LogP contribution in [0.1, 0.15) is 62.3 Å². The zero-order chi connectivity index (χ0) is 14.7. The van der Waals surface area contributed by atoms with Crippen LogP contribution in [0.15, 0.2) is 18.2 Å². The fourth-order valence-corrected chi connectivity index (χ4v) is 3.58. The van der Waals surface area contributed by atoms with Crippen molar-refractivity contribution >= 4 is 0 Å². The number of nitrogens with one attached hydrogen (secondary N) is 1. The molecular weight excluding hydrogens is 258 g/mol. The van der Waals surface area contributed by atoms with E-state index in [-0.39, 0.29) is 0 Å². The average Bonchev–Trinajstić information content (AvgIpc) is 2.53. The van der Waals surface area contributed by atoms with E-state index in [0.717, 1.165) is 19.8 Å². The van der Waals surface area contributed by atoms with Crippen molar-refractivity contribution in [3.63, 3.8) is 0 Å². The zero-order valence-corrected chi connectivity index (χ0v) is 13.6. The highest BCUT2D eigenvalue weighted by molar-refractivity contribution is 5.35. The van der Waals surface area contributed by atoms with Gasteiger partial charge in [-0.3, -0.25) is 0 Å². The second kappa shape index (κ2) is 6.50. The van der Waals surface area contributed by atoms with Crippen molar-refractivity contribution in [2.24, 2.45) is 5.41 Å². The maximum atomic E-state index is 5.49. The van der Waals surface area contributed by atoms with Gasteiger partial charge in [0, 0.05) is 25.8 Å². The van der Waals surface area contributed by atoms with Crippen LogP contribution in [0.4, 0.5) is 0 Å². The predicted molar refractivity (Wildman–Crippen MR) is 87.7 cm³/mol.